The number of rotatable bonds is 6. The first-order chi connectivity index (χ1) is 9.38. The lowest BCUT2D eigenvalue weighted by Gasteiger charge is -2.15. The number of benzene rings is 1. The van der Waals surface area contributed by atoms with Crippen LogP contribution in [0.1, 0.15) is 50.9 Å². The van der Waals surface area contributed by atoms with Crippen molar-refractivity contribution in [3.05, 3.63) is 29.8 Å². The molecule has 0 saturated heterocycles. The number of nitrogens with one attached hydrogen (secondary N) is 2. The Hall–Kier alpha value is -1.84. The Labute approximate surface area is 121 Å². The van der Waals surface area contributed by atoms with E-state index in [9.17, 15) is 9.59 Å². The van der Waals surface area contributed by atoms with Crippen LogP contribution in [-0.2, 0) is 4.79 Å². The average Bonchev–Trinajstić information content (AvgIpc) is 2.36. The molecule has 0 radical (unpaired) electrons. The van der Waals surface area contributed by atoms with Crippen LogP contribution in [0.25, 0.3) is 0 Å². The van der Waals surface area contributed by atoms with Gasteiger partial charge in [-0.05, 0) is 49.9 Å². The standard InChI is InChI=1S/C16H24N2O2/c1-11(2)5-6-12(3)17-16(20)14-7-9-15(10-8-14)18-13(4)19/h7-12H,5-6H2,1-4H3,(H,17,20)(H,18,19). The van der Waals surface area contributed by atoms with Gasteiger partial charge in [-0.1, -0.05) is 13.8 Å². The first-order valence-electron chi connectivity index (χ1n) is 7.07. The SMILES string of the molecule is CC(=O)Nc1ccc(C(=O)NC(C)CCC(C)C)cc1. The first-order valence-corrected chi connectivity index (χ1v) is 7.07. The summed E-state index contributed by atoms with van der Waals surface area (Å²) in [7, 11) is 0. The van der Waals surface area contributed by atoms with E-state index in [0.29, 0.717) is 17.2 Å². The molecule has 1 atom stereocenters. The smallest absolute Gasteiger partial charge is 0.251 e. The van der Waals surface area contributed by atoms with Gasteiger partial charge in [0.1, 0.15) is 0 Å². The van der Waals surface area contributed by atoms with Crippen LogP contribution in [0.3, 0.4) is 0 Å². The van der Waals surface area contributed by atoms with E-state index >= 15 is 0 Å². The molecule has 1 unspecified atom stereocenters. The molecule has 0 aliphatic heterocycles. The highest BCUT2D eigenvalue weighted by Crippen LogP contribution is 2.11. The van der Waals surface area contributed by atoms with Gasteiger partial charge in [-0.2, -0.15) is 0 Å². The van der Waals surface area contributed by atoms with Gasteiger partial charge in [-0.15, -0.1) is 0 Å². The van der Waals surface area contributed by atoms with Crippen LogP contribution in [0.4, 0.5) is 5.69 Å². The van der Waals surface area contributed by atoms with Crippen LogP contribution in [0.15, 0.2) is 24.3 Å². The molecule has 0 aliphatic carbocycles. The van der Waals surface area contributed by atoms with E-state index in [0.717, 1.165) is 12.8 Å². The summed E-state index contributed by atoms with van der Waals surface area (Å²) in [5.74, 6) is 0.450. The van der Waals surface area contributed by atoms with E-state index in [-0.39, 0.29) is 17.9 Å². The summed E-state index contributed by atoms with van der Waals surface area (Å²) in [5.41, 5.74) is 1.30. The molecule has 0 aliphatic rings. The highest BCUT2D eigenvalue weighted by atomic mass is 16.2. The van der Waals surface area contributed by atoms with E-state index in [1.807, 2.05) is 6.92 Å². The summed E-state index contributed by atoms with van der Waals surface area (Å²) in [4.78, 5) is 22.9. The predicted molar refractivity (Wildman–Crippen MR) is 81.7 cm³/mol. The Morgan fingerprint density at radius 1 is 1.05 bits per heavy atom. The minimum absolute atomic E-state index is 0.0735. The summed E-state index contributed by atoms with van der Waals surface area (Å²) in [6.07, 6.45) is 2.08. The van der Waals surface area contributed by atoms with Crippen molar-refractivity contribution in [3.63, 3.8) is 0 Å². The van der Waals surface area contributed by atoms with Gasteiger partial charge in [0.05, 0.1) is 0 Å². The van der Waals surface area contributed by atoms with Crippen LogP contribution in [-0.4, -0.2) is 17.9 Å². The fourth-order valence-corrected chi connectivity index (χ4v) is 1.87. The number of hydrogen-bond acceptors (Lipinski definition) is 2. The largest absolute Gasteiger partial charge is 0.350 e. The number of anilines is 1. The maximum atomic E-state index is 12.0. The van der Waals surface area contributed by atoms with Gasteiger partial charge in [0.15, 0.2) is 0 Å². The van der Waals surface area contributed by atoms with Crippen molar-refractivity contribution < 1.29 is 9.59 Å². The van der Waals surface area contributed by atoms with E-state index < -0.39 is 0 Å². The number of hydrogen-bond donors (Lipinski definition) is 2. The molecule has 0 aromatic heterocycles. The molecule has 0 heterocycles. The van der Waals surface area contributed by atoms with Crippen LogP contribution >= 0.6 is 0 Å². The maximum Gasteiger partial charge on any atom is 0.251 e. The van der Waals surface area contributed by atoms with Gasteiger partial charge in [0.2, 0.25) is 5.91 Å². The minimum Gasteiger partial charge on any atom is -0.350 e. The van der Waals surface area contributed by atoms with Crippen molar-refractivity contribution in [1.29, 1.82) is 0 Å². The fraction of sp³-hybridized carbons (Fsp3) is 0.500. The van der Waals surface area contributed by atoms with Gasteiger partial charge >= 0.3 is 0 Å². The summed E-state index contributed by atoms with van der Waals surface area (Å²) in [5, 5.41) is 5.66. The molecule has 0 spiro atoms. The van der Waals surface area contributed by atoms with Gasteiger partial charge in [-0.3, -0.25) is 9.59 Å². The normalized spacial score (nSPS) is 12.1. The molecule has 0 fully saturated rings. The van der Waals surface area contributed by atoms with Crippen LogP contribution in [0.5, 0.6) is 0 Å². The van der Waals surface area contributed by atoms with Crippen molar-refractivity contribution in [2.75, 3.05) is 5.32 Å². The monoisotopic (exact) mass is 276 g/mol. The van der Waals surface area contributed by atoms with E-state index in [1.54, 1.807) is 24.3 Å². The lowest BCUT2D eigenvalue weighted by Crippen LogP contribution is -2.32. The minimum atomic E-state index is -0.121. The van der Waals surface area contributed by atoms with Crippen molar-refractivity contribution in [2.24, 2.45) is 5.92 Å². The van der Waals surface area contributed by atoms with Crippen LogP contribution in [0, 0.1) is 5.92 Å². The summed E-state index contributed by atoms with van der Waals surface area (Å²) < 4.78 is 0. The zero-order valence-electron chi connectivity index (χ0n) is 12.7. The van der Waals surface area contributed by atoms with E-state index in [1.165, 1.54) is 6.92 Å². The Morgan fingerprint density at radius 3 is 2.15 bits per heavy atom. The van der Waals surface area contributed by atoms with Crippen molar-refractivity contribution >= 4 is 17.5 Å². The zero-order valence-corrected chi connectivity index (χ0v) is 12.7. The molecule has 2 N–H and O–H groups in total. The number of carbonyl (C=O) groups is 2. The van der Waals surface area contributed by atoms with E-state index in [2.05, 4.69) is 24.5 Å². The average molecular weight is 276 g/mol. The quantitative estimate of drug-likeness (QED) is 0.838. The number of amides is 2. The molecular formula is C16H24N2O2. The Morgan fingerprint density at radius 2 is 1.65 bits per heavy atom. The zero-order chi connectivity index (χ0) is 15.1. The Kier molecular flexibility index (Phi) is 6.22. The predicted octanol–water partition coefficient (Wildman–Crippen LogP) is 3.20. The molecule has 4 heteroatoms. The van der Waals surface area contributed by atoms with Gasteiger partial charge < -0.3 is 10.6 Å². The van der Waals surface area contributed by atoms with Crippen LogP contribution < -0.4 is 10.6 Å². The second-order valence-corrected chi connectivity index (χ2v) is 5.60. The number of carbonyl (C=O) groups excluding carboxylic acids is 2. The Bertz CT molecular complexity index is 452. The fourth-order valence-electron chi connectivity index (χ4n) is 1.87. The summed E-state index contributed by atoms with van der Waals surface area (Å²) >= 11 is 0. The topological polar surface area (TPSA) is 58.2 Å². The lowest BCUT2D eigenvalue weighted by molar-refractivity contribution is -0.114. The lowest BCUT2D eigenvalue weighted by atomic mass is 10.0. The molecule has 1 aromatic rings. The van der Waals surface area contributed by atoms with Crippen molar-refractivity contribution in [3.8, 4) is 0 Å². The first kappa shape index (κ1) is 16.2. The third kappa shape index (κ3) is 5.87. The molecule has 2 amide bonds. The molecule has 4 nitrogen and oxygen atoms in total. The molecule has 1 aromatic carbocycles. The molecule has 20 heavy (non-hydrogen) atoms. The molecule has 110 valence electrons. The molecular weight excluding hydrogens is 252 g/mol. The van der Waals surface area contributed by atoms with Crippen molar-refractivity contribution in [1.82, 2.24) is 5.32 Å². The highest BCUT2D eigenvalue weighted by Gasteiger charge is 2.10. The highest BCUT2D eigenvalue weighted by molar-refractivity contribution is 5.95. The van der Waals surface area contributed by atoms with Gasteiger partial charge in [-0.25, -0.2) is 0 Å². The summed E-state index contributed by atoms with van der Waals surface area (Å²) in [6, 6.07) is 7.07. The van der Waals surface area contributed by atoms with Crippen molar-refractivity contribution in [2.45, 2.75) is 46.6 Å². The summed E-state index contributed by atoms with van der Waals surface area (Å²) in [6.45, 7) is 7.83. The van der Waals surface area contributed by atoms with Gasteiger partial charge in [0.25, 0.3) is 5.91 Å². The molecule has 0 saturated carbocycles. The third-order valence-corrected chi connectivity index (χ3v) is 3.02. The van der Waals surface area contributed by atoms with Gasteiger partial charge in [0, 0.05) is 24.2 Å². The third-order valence-electron chi connectivity index (χ3n) is 3.02. The molecule has 1 rings (SSSR count). The second kappa shape index (κ2) is 7.68. The van der Waals surface area contributed by atoms with Crippen LogP contribution in [0.2, 0.25) is 0 Å². The van der Waals surface area contributed by atoms with E-state index in [4.69, 9.17) is 0 Å². The second-order valence-electron chi connectivity index (χ2n) is 5.60. The maximum absolute atomic E-state index is 12.0. The molecule has 0 bridgehead atoms. The Balaban J connectivity index is 2.52.